The first-order chi connectivity index (χ1) is 28.0. The van der Waals surface area contributed by atoms with E-state index < -0.39 is 72.3 Å². The number of hydrogen-bond donors (Lipinski definition) is 5. The van der Waals surface area contributed by atoms with Gasteiger partial charge in [0, 0.05) is 18.8 Å². The van der Waals surface area contributed by atoms with Gasteiger partial charge in [0.25, 0.3) is 0 Å². The summed E-state index contributed by atoms with van der Waals surface area (Å²) in [4.78, 5) is 65.2. The molecule has 0 spiro atoms. The van der Waals surface area contributed by atoms with Gasteiger partial charge in [0.2, 0.25) is 0 Å². The van der Waals surface area contributed by atoms with Crippen LogP contribution in [0.2, 0.25) is 0 Å². The molecule has 0 radical (unpaired) electrons. The van der Waals surface area contributed by atoms with Gasteiger partial charge in [0.05, 0.1) is 25.9 Å². The molecule has 0 aliphatic heterocycles. The molecule has 1 aliphatic rings. The van der Waals surface area contributed by atoms with Crippen LogP contribution in [0.5, 0.6) is 0 Å². The van der Waals surface area contributed by atoms with Gasteiger partial charge in [-0.15, -0.1) is 0 Å². The van der Waals surface area contributed by atoms with Crippen LogP contribution >= 0.6 is 15.6 Å². The second-order valence-electron chi connectivity index (χ2n) is 15.8. The Labute approximate surface area is 352 Å². The lowest BCUT2D eigenvalue weighted by atomic mass is 9.90. The zero-order chi connectivity index (χ0) is 43.9. The second-order valence-corrected chi connectivity index (χ2v) is 18.5. The number of ether oxygens (including phenoxy) is 2. The third-order valence-electron chi connectivity index (χ3n) is 9.70. The molecule has 17 heteroatoms. The molecule has 1 aliphatic carbocycles. The number of aliphatic hydroxyl groups is 2. The van der Waals surface area contributed by atoms with Gasteiger partial charge in [-0.2, -0.15) is 0 Å². The van der Waals surface area contributed by atoms with E-state index in [1.807, 2.05) is 18.2 Å². The molecule has 0 bridgehead atoms. The van der Waals surface area contributed by atoms with Crippen molar-refractivity contribution in [3.8, 4) is 0 Å². The highest BCUT2D eigenvalue weighted by molar-refractivity contribution is 7.47. The number of unbranched alkanes of at least 4 members (excludes halogenated alkanes) is 12. The fourth-order valence-electron chi connectivity index (χ4n) is 6.29. The van der Waals surface area contributed by atoms with Gasteiger partial charge in [-0.05, 0) is 50.0 Å². The van der Waals surface area contributed by atoms with E-state index in [2.05, 4.69) is 29.8 Å². The standard InChI is InChI=1S/C42H74O15P2/c1-4-5-16-23-36(43)27-28-39-35(26-29-40(39)45)22-18-14-15-20-25-42(47)57-38(33-56-59(51,52)55-31-37(44)30-54-58(48,49)50)32-53-41(46)24-19-13-11-9-7-6-8-10-12-17-21-34(2)3/h14,18,26-29,34-39,43-44H,4-13,15-17,19-25,30-33H2,1-3H3,(H,51,52)(H2,48,49,50)/b18-14-,28-27+/t35-,36-,37-,38+,39+/m0/s1. The minimum atomic E-state index is -4.89. The zero-order valence-corrected chi connectivity index (χ0v) is 37.4. The summed E-state index contributed by atoms with van der Waals surface area (Å²) >= 11 is 0. The van der Waals surface area contributed by atoms with Crippen molar-refractivity contribution in [2.24, 2.45) is 17.8 Å². The lowest BCUT2D eigenvalue weighted by Gasteiger charge is -2.20. The summed E-state index contributed by atoms with van der Waals surface area (Å²) in [5, 5.41) is 20.0. The van der Waals surface area contributed by atoms with Gasteiger partial charge in [-0.25, -0.2) is 9.13 Å². The van der Waals surface area contributed by atoms with E-state index in [1.54, 1.807) is 18.2 Å². The van der Waals surface area contributed by atoms with Crippen molar-refractivity contribution in [3.05, 3.63) is 36.5 Å². The Balaban J connectivity index is 2.56. The largest absolute Gasteiger partial charge is 0.472 e. The Kier molecular flexibility index (Phi) is 30.4. The van der Waals surface area contributed by atoms with Crippen molar-refractivity contribution >= 4 is 33.4 Å². The number of carbonyl (C=O) groups excluding carboxylic acids is 3. The minimum absolute atomic E-state index is 0.000924. The van der Waals surface area contributed by atoms with Crippen molar-refractivity contribution in [2.45, 2.75) is 167 Å². The number of ketones is 1. The zero-order valence-electron chi connectivity index (χ0n) is 35.6. The summed E-state index contributed by atoms with van der Waals surface area (Å²) in [5.74, 6) is -0.780. The normalized spacial score (nSPS) is 18.5. The van der Waals surface area contributed by atoms with Crippen LogP contribution in [0.15, 0.2) is 36.5 Å². The highest BCUT2D eigenvalue weighted by Crippen LogP contribution is 2.44. The van der Waals surface area contributed by atoms with Crippen LogP contribution in [-0.4, -0.2) is 87.4 Å². The van der Waals surface area contributed by atoms with Crippen molar-refractivity contribution in [3.63, 3.8) is 0 Å². The number of esters is 2. The third-order valence-corrected chi connectivity index (χ3v) is 11.1. The Morgan fingerprint density at radius 1 is 0.746 bits per heavy atom. The number of aliphatic hydroxyl groups excluding tert-OH is 2. The van der Waals surface area contributed by atoms with Gasteiger partial charge in [0.1, 0.15) is 12.7 Å². The molecule has 0 aromatic rings. The quantitative estimate of drug-likeness (QED) is 0.0171. The van der Waals surface area contributed by atoms with E-state index >= 15 is 0 Å². The minimum Gasteiger partial charge on any atom is -0.462 e. The van der Waals surface area contributed by atoms with Crippen LogP contribution in [0, 0.1) is 17.8 Å². The maximum atomic E-state index is 12.7. The molecule has 0 heterocycles. The molecule has 5 N–H and O–H groups in total. The van der Waals surface area contributed by atoms with Crippen LogP contribution < -0.4 is 0 Å². The second kappa shape index (κ2) is 32.7. The van der Waals surface area contributed by atoms with Crippen molar-refractivity contribution < 1.29 is 71.5 Å². The molecule has 342 valence electrons. The molecule has 0 aromatic carbocycles. The lowest BCUT2D eigenvalue weighted by Crippen LogP contribution is -2.29. The number of carbonyl (C=O) groups is 3. The number of rotatable bonds is 37. The van der Waals surface area contributed by atoms with Gasteiger partial charge >= 0.3 is 27.6 Å². The average Bonchev–Trinajstić information content (AvgIpc) is 3.53. The molecule has 0 aromatic heterocycles. The average molecular weight is 881 g/mol. The van der Waals surface area contributed by atoms with Crippen LogP contribution in [0.25, 0.3) is 0 Å². The first-order valence-corrected chi connectivity index (χ1v) is 24.6. The van der Waals surface area contributed by atoms with E-state index in [0.29, 0.717) is 32.1 Å². The van der Waals surface area contributed by atoms with Gasteiger partial charge < -0.3 is 34.4 Å². The molecular formula is C42H74O15P2. The SMILES string of the molecule is CCCCC[C@H](O)/C=C/[C@H]1C(=O)C=C[C@@H]1C/C=C\CCCC(=O)O[C@H](COC(=O)CCCCCCCCCCCCC(C)C)COP(=O)(O)OC[C@@H](O)COP(=O)(O)O. The fraction of sp³-hybridized carbons (Fsp3) is 0.786. The summed E-state index contributed by atoms with van der Waals surface area (Å²) in [5.41, 5.74) is 0. The molecule has 6 atom stereocenters. The van der Waals surface area contributed by atoms with E-state index in [-0.39, 0.29) is 30.5 Å². The predicted molar refractivity (Wildman–Crippen MR) is 225 cm³/mol. The monoisotopic (exact) mass is 880 g/mol. The first-order valence-electron chi connectivity index (χ1n) is 21.6. The summed E-state index contributed by atoms with van der Waals surface area (Å²) in [6, 6.07) is 0. The first kappa shape index (κ1) is 55.0. The van der Waals surface area contributed by atoms with Crippen LogP contribution in [-0.2, 0) is 46.6 Å². The summed E-state index contributed by atoms with van der Waals surface area (Å²) in [6.07, 6.45) is 25.0. The maximum absolute atomic E-state index is 12.7. The van der Waals surface area contributed by atoms with E-state index in [1.165, 1.54) is 44.9 Å². The van der Waals surface area contributed by atoms with Crippen LogP contribution in [0.3, 0.4) is 0 Å². The van der Waals surface area contributed by atoms with Crippen molar-refractivity contribution in [1.82, 2.24) is 0 Å². The highest BCUT2D eigenvalue weighted by Gasteiger charge is 2.29. The summed E-state index contributed by atoms with van der Waals surface area (Å²) in [6.45, 7) is 3.71. The molecule has 59 heavy (non-hydrogen) atoms. The van der Waals surface area contributed by atoms with Crippen LogP contribution in [0.4, 0.5) is 0 Å². The number of allylic oxidation sites excluding steroid dienone is 5. The number of phosphoric ester groups is 2. The Bertz CT molecular complexity index is 1340. The van der Waals surface area contributed by atoms with Crippen molar-refractivity contribution in [1.29, 1.82) is 0 Å². The highest BCUT2D eigenvalue weighted by atomic mass is 31.2. The topological polar surface area (TPSA) is 233 Å². The summed E-state index contributed by atoms with van der Waals surface area (Å²) < 4.78 is 47.7. The maximum Gasteiger partial charge on any atom is 0.472 e. The Hall–Kier alpha value is -2.03. The third kappa shape index (κ3) is 31.5. The number of phosphoric acid groups is 2. The van der Waals surface area contributed by atoms with Gasteiger partial charge in [-0.1, -0.05) is 135 Å². The Morgan fingerprint density at radius 3 is 1.98 bits per heavy atom. The van der Waals surface area contributed by atoms with Crippen molar-refractivity contribution in [2.75, 3.05) is 26.4 Å². The molecule has 1 rings (SSSR count). The van der Waals surface area contributed by atoms with Gasteiger partial charge in [-0.3, -0.25) is 28.0 Å². The van der Waals surface area contributed by atoms with E-state index in [0.717, 1.165) is 44.4 Å². The predicted octanol–water partition coefficient (Wildman–Crippen LogP) is 8.37. The summed E-state index contributed by atoms with van der Waals surface area (Å²) in [7, 11) is -9.75. The molecular weight excluding hydrogens is 806 g/mol. The Morgan fingerprint density at radius 2 is 1.34 bits per heavy atom. The molecule has 0 saturated carbocycles. The van der Waals surface area contributed by atoms with Gasteiger partial charge in [0.15, 0.2) is 11.9 Å². The number of hydrogen-bond acceptors (Lipinski definition) is 12. The smallest absolute Gasteiger partial charge is 0.462 e. The molecule has 0 amide bonds. The van der Waals surface area contributed by atoms with E-state index in [4.69, 9.17) is 23.8 Å². The fourth-order valence-corrected chi connectivity index (χ4v) is 7.44. The lowest BCUT2D eigenvalue weighted by molar-refractivity contribution is -0.161. The molecule has 0 fully saturated rings. The molecule has 15 nitrogen and oxygen atoms in total. The molecule has 0 saturated heterocycles. The van der Waals surface area contributed by atoms with E-state index in [9.17, 15) is 38.6 Å². The van der Waals surface area contributed by atoms with Crippen LogP contribution in [0.1, 0.15) is 149 Å². The molecule has 1 unspecified atom stereocenters.